The number of piperazine rings is 1. The number of nitro groups is 1. The minimum atomic E-state index is -3.71. The molecule has 1 N–H and O–H groups in total. The van der Waals surface area contributed by atoms with Gasteiger partial charge >= 0.3 is 0 Å². The maximum Gasteiger partial charge on any atom is 0.293 e. The van der Waals surface area contributed by atoms with Crippen molar-refractivity contribution in [3.63, 3.8) is 0 Å². The molecule has 0 spiro atoms. The first-order valence-electron chi connectivity index (χ1n) is 8.59. The summed E-state index contributed by atoms with van der Waals surface area (Å²) < 4.78 is 26.9. The van der Waals surface area contributed by atoms with Crippen LogP contribution < -0.4 is 5.32 Å². The summed E-state index contributed by atoms with van der Waals surface area (Å²) in [6.45, 7) is 2.77. The van der Waals surface area contributed by atoms with Crippen LogP contribution in [0.5, 0.6) is 0 Å². The molecule has 1 aromatic rings. The summed E-state index contributed by atoms with van der Waals surface area (Å²) in [5, 5.41) is 14.5. The molecule has 138 valence electrons. The number of hydrogen-bond donors (Lipinski definition) is 1. The maximum absolute atomic E-state index is 12.8. The lowest BCUT2D eigenvalue weighted by molar-refractivity contribution is -0.384. The van der Waals surface area contributed by atoms with Crippen molar-refractivity contribution in [2.45, 2.75) is 24.2 Å². The molecule has 2 aliphatic rings. The summed E-state index contributed by atoms with van der Waals surface area (Å²) >= 11 is 0. The standard InChI is InChI=1S/C16H24N4O4S/c1-18-8-10-19(11-9-18)25(23,24)14-4-5-15(16(12-14)20(21)22)17-7-6-13-2-3-13/h4-5,12-13,17H,2-3,6-11H2,1H3. The number of nitro benzene ring substituents is 1. The molecule has 0 amide bonds. The fraction of sp³-hybridized carbons (Fsp3) is 0.625. The first-order chi connectivity index (χ1) is 11.9. The minimum absolute atomic E-state index is 0.0171. The molecule has 0 bridgehead atoms. The third-order valence-electron chi connectivity index (χ3n) is 4.83. The number of nitrogens with zero attached hydrogens (tertiary/aromatic N) is 3. The molecular formula is C16H24N4O4S. The van der Waals surface area contributed by atoms with Gasteiger partial charge in [-0.15, -0.1) is 0 Å². The van der Waals surface area contributed by atoms with E-state index in [0.29, 0.717) is 38.4 Å². The van der Waals surface area contributed by atoms with E-state index in [9.17, 15) is 18.5 Å². The molecule has 0 radical (unpaired) electrons. The smallest absolute Gasteiger partial charge is 0.293 e. The molecule has 1 heterocycles. The van der Waals surface area contributed by atoms with Crippen molar-refractivity contribution >= 4 is 21.4 Å². The van der Waals surface area contributed by atoms with Gasteiger partial charge in [-0.1, -0.05) is 12.8 Å². The molecule has 1 aromatic carbocycles. The van der Waals surface area contributed by atoms with Crippen molar-refractivity contribution in [3.05, 3.63) is 28.3 Å². The second kappa shape index (κ2) is 7.27. The van der Waals surface area contributed by atoms with Gasteiger partial charge in [0, 0.05) is 38.8 Å². The highest BCUT2D eigenvalue weighted by Crippen LogP contribution is 2.33. The van der Waals surface area contributed by atoms with E-state index in [2.05, 4.69) is 10.2 Å². The Bertz CT molecular complexity index is 741. The summed E-state index contributed by atoms with van der Waals surface area (Å²) in [5.41, 5.74) is 0.189. The molecule has 1 aliphatic heterocycles. The van der Waals surface area contributed by atoms with Gasteiger partial charge in [-0.2, -0.15) is 4.31 Å². The number of anilines is 1. The van der Waals surface area contributed by atoms with Gasteiger partial charge in [0.15, 0.2) is 0 Å². The quantitative estimate of drug-likeness (QED) is 0.582. The van der Waals surface area contributed by atoms with Crippen LogP contribution in [0.2, 0.25) is 0 Å². The van der Waals surface area contributed by atoms with Gasteiger partial charge in [0.05, 0.1) is 9.82 Å². The van der Waals surface area contributed by atoms with Crippen LogP contribution in [0, 0.1) is 16.0 Å². The molecular weight excluding hydrogens is 344 g/mol. The van der Waals surface area contributed by atoms with Crippen LogP contribution >= 0.6 is 0 Å². The number of likely N-dealkylation sites (N-methyl/N-ethyl adjacent to an activating group) is 1. The molecule has 8 nitrogen and oxygen atoms in total. The van der Waals surface area contributed by atoms with Crippen molar-refractivity contribution in [2.75, 3.05) is 45.1 Å². The molecule has 1 saturated heterocycles. The van der Waals surface area contributed by atoms with Gasteiger partial charge in [-0.05, 0) is 31.5 Å². The Balaban J connectivity index is 1.78. The molecule has 0 unspecified atom stereocenters. The zero-order valence-corrected chi connectivity index (χ0v) is 15.2. The minimum Gasteiger partial charge on any atom is -0.379 e. The highest BCUT2D eigenvalue weighted by molar-refractivity contribution is 7.89. The lowest BCUT2D eigenvalue weighted by Crippen LogP contribution is -2.47. The first-order valence-corrected chi connectivity index (χ1v) is 10.0. The van der Waals surface area contributed by atoms with E-state index in [1.807, 2.05) is 7.05 Å². The summed E-state index contributed by atoms with van der Waals surface area (Å²) in [6, 6.07) is 4.14. The number of benzene rings is 1. The normalized spacial score (nSPS) is 19.7. The SMILES string of the molecule is CN1CCN(S(=O)(=O)c2ccc(NCCC3CC3)c([N+](=O)[O-])c2)CC1. The highest BCUT2D eigenvalue weighted by Gasteiger charge is 2.29. The van der Waals surface area contributed by atoms with E-state index in [-0.39, 0.29) is 10.6 Å². The molecule has 1 aliphatic carbocycles. The predicted octanol–water partition coefficient (Wildman–Crippen LogP) is 1.74. The Morgan fingerprint density at radius 2 is 1.92 bits per heavy atom. The van der Waals surface area contributed by atoms with Crippen molar-refractivity contribution in [2.24, 2.45) is 5.92 Å². The third kappa shape index (κ3) is 4.28. The molecule has 25 heavy (non-hydrogen) atoms. The van der Waals surface area contributed by atoms with Crippen LogP contribution in [-0.4, -0.2) is 62.3 Å². The van der Waals surface area contributed by atoms with Crippen LogP contribution in [-0.2, 0) is 10.0 Å². The van der Waals surface area contributed by atoms with E-state index in [1.54, 1.807) is 0 Å². The van der Waals surface area contributed by atoms with Gasteiger partial charge in [-0.25, -0.2) is 8.42 Å². The summed E-state index contributed by atoms with van der Waals surface area (Å²) in [5.74, 6) is 0.725. The van der Waals surface area contributed by atoms with Gasteiger partial charge in [-0.3, -0.25) is 10.1 Å². The molecule has 9 heteroatoms. The summed E-state index contributed by atoms with van der Waals surface area (Å²) in [6.07, 6.45) is 3.44. The third-order valence-corrected chi connectivity index (χ3v) is 6.73. The average Bonchev–Trinajstić information content (AvgIpc) is 3.39. The first kappa shape index (κ1) is 18.1. The van der Waals surface area contributed by atoms with Gasteiger partial charge in [0.1, 0.15) is 5.69 Å². The van der Waals surface area contributed by atoms with Crippen LogP contribution in [0.4, 0.5) is 11.4 Å². The molecule has 3 rings (SSSR count). The van der Waals surface area contributed by atoms with Gasteiger partial charge in [0.2, 0.25) is 10.0 Å². The van der Waals surface area contributed by atoms with Gasteiger partial charge in [0.25, 0.3) is 5.69 Å². The number of nitrogens with one attached hydrogen (secondary N) is 1. The maximum atomic E-state index is 12.8. The van der Waals surface area contributed by atoms with Crippen molar-refractivity contribution in [3.8, 4) is 0 Å². The van der Waals surface area contributed by atoms with Crippen molar-refractivity contribution in [1.82, 2.24) is 9.21 Å². The fourth-order valence-electron chi connectivity index (χ4n) is 2.97. The summed E-state index contributed by atoms with van der Waals surface area (Å²) in [4.78, 5) is 12.9. The van der Waals surface area contributed by atoms with E-state index < -0.39 is 14.9 Å². The second-order valence-electron chi connectivity index (χ2n) is 6.80. The van der Waals surface area contributed by atoms with Crippen molar-refractivity contribution < 1.29 is 13.3 Å². The molecule has 1 saturated carbocycles. The van der Waals surface area contributed by atoms with E-state index >= 15 is 0 Å². The zero-order valence-electron chi connectivity index (χ0n) is 14.3. The Hall–Kier alpha value is -1.71. The largest absolute Gasteiger partial charge is 0.379 e. The highest BCUT2D eigenvalue weighted by atomic mass is 32.2. The molecule has 2 fully saturated rings. The average molecular weight is 368 g/mol. The van der Waals surface area contributed by atoms with Crippen LogP contribution in [0.15, 0.2) is 23.1 Å². The Labute approximate surface area is 148 Å². The van der Waals surface area contributed by atoms with E-state index in [1.165, 1.54) is 35.3 Å². The van der Waals surface area contributed by atoms with Crippen LogP contribution in [0.1, 0.15) is 19.3 Å². The number of rotatable bonds is 7. The topological polar surface area (TPSA) is 95.8 Å². The predicted molar refractivity (Wildman–Crippen MR) is 95.2 cm³/mol. The number of hydrogen-bond acceptors (Lipinski definition) is 6. The summed E-state index contributed by atoms with van der Waals surface area (Å²) in [7, 11) is -1.77. The monoisotopic (exact) mass is 368 g/mol. The van der Waals surface area contributed by atoms with Crippen LogP contribution in [0.3, 0.4) is 0 Å². The van der Waals surface area contributed by atoms with Gasteiger partial charge < -0.3 is 10.2 Å². The Kier molecular flexibility index (Phi) is 5.26. The lowest BCUT2D eigenvalue weighted by atomic mass is 10.2. The molecule has 0 atom stereocenters. The van der Waals surface area contributed by atoms with E-state index in [4.69, 9.17) is 0 Å². The van der Waals surface area contributed by atoms with E-state index in [0.717, 1.165) is 12.3 Å². The lowest BCUT2D eigenvalue weighted by Gasteiger charge is -2.31. The zero-order chi connectivity index (χ0) is 18.0. The second-order valence-corrected chi connectivity index (χ2v) is 8.74. The fourth-order valence-corrected chi connectivity index (χ4v) is 4.41. The van der Waals surface area contributed by atoms with Crippen molar-refractivity contribution in [1.29, 1.82) is 0 Å². The Morgan fingerprint density at radius 1 is 1.24 bits per heavy atom. The van der Waals surface area contributed by atoms with Crippen LogP contribution in [0.25, 0.3) is 0 Å². The molecule has 0 aromatic heterocycles. The Morgan fingerprint density at radius 3 is 2.52 bits per heavy atom. The number of sulfonamides is 1.